The number of fused-ring (bicyclic) bond motifs is 1. The zero-order valence-electron chi connectivity index (χ0n) is 13.6. The molecular weight excluding hydrogens is 343 g/mol. The lowest BCUT2D eigenvalue weighted by atomic mass is 9.82. The maximum absolute atomic E-state index is 14.8. The smallest absolute Gasteiger partial charge is 0.338 e. The summed E-state index contributed by atoms with van der Waals surface area (Å²) in [6.45, 7) is 3.36. The predicted molar refractivity (Wildman–Crippen MR) is 91.8 cm³/mol. The van der Waals surface area contributed by atoms with E-state index in [1.54, 1.807) is 26.0 Å². The number of allylic oxidation sites excluding steroid dienone is 2. The molecule has 2 heterocycles. The van der Waals surface area contributed by atoms with Gasteiger partial charge in [-0.25, -0.2) is 9.18 Å². The number of hydrogen-bond donors (Lipinski definition) is 1. The lowest BCUT2D eigenvalue weighted by molar-refractivity contribution is -0.139. The van der Waals surface area contributed by atoms with Crippen molar-refractivity contribution in [2.75, 3.05) is 6.61 Å². The molecule has 0 aliphatic carbocycles. The second-order valence-electron chi connectivity index (χ2n) is 5.45. The molecular formula is C18H15FN2O3S. The molecule has 1 aliphatic heterocycles. The van der Waals surface area contributed by atoms with Crippen molar-refractivity contribution in [2.45, 2.75) is 19.8 Å². The molecule has 0 radical (unpaired) electrons. The maximum atomic E-state index is 14.8. The summed E-state index contributed by atoms with van der Waals surface area (Å²) >= 11 is 1.44. The summed E-state index contributed by atoms with van der Waals surface area (Å²) < 4.78 is 26.0. The van der Waals surface area contributed by atoms with Crippen LogP contribution in [0.25, 0.3) is 10.1 Å². The number of thiophene rings is 1. The van der Waals surface area contributed by atoms with Crippen molar-refractivity contribution in [3.05, 3.63) is 57.7 Å². The molecule has 0 fully saturated rings. The highest BCUT2D eigenvalue weighted by atomic mass is 32.1. The van der Waals surface area contributed by atoms with E-state index in [2.05, 4.69) is 0 Å². The largest absolute Gasteiger partial charge is 0.463 e. The van der Waals surface area contributed by atoms with Gasteiger partial charge in [0.05, 0.1) is 18.1 Å². The molecule has 2 N–H and O–H groups in total. The van der Waals surface area contributed by atoms with E-state index in [-0.39, 0.29) is 35.0 Å². The van der Waals surface area contributed by atoms with E-state index >= 15 is 0 Å². The van der Waals surface area contributed by atoms with Crippen molar-refractivity contribution in [2.24, 2.45) is 5.73 Å². The van der Waals surface area contributed by atoms with Crippen LogP contribution in [0.5, 0.6) is 0 Å². The molecule has 1 unspecified atom stereocenters. The van der Waals surface area contributed by atoms with Crippen LogP contribution in [-0.4, -0.2) is 12.6 Å². The first-order chi connectivity index (χ1) is 12.0. The van der Waals surface area contributed by atoms with Crippen molar-refractivity contribution in [1.29, 1.82) is 5.26 Å². The summed E-state index contributed by atoms with van der Waals surface area (Å²) in [5, 5.41) is 12.1. The van der Waals surface area contributed by atoms with Gasteiger partial charge in [-0.3, -0.25) is 0 Å². The van der Waals surface area contributed by atoms with Crippen molar-refractivity contribution in [3.63, 3.8) is 0 Å². The van der Waals surface area contributed by atoms with Crippen LogP contribution < -0.4 is 5.73 Å². The second-order valence-corrected chi connectivity index (χ2v) is 6.39. The first-order valence-electron chi connectivity index (χ1n) is 7.60. The van der Waals surface area contributed by atoms with Crippen LogP contribution in [0.15, 0.2) is 46.4 Å². The van der Waals surface area contributed by atoms with E-state index < -0.39 is 17.7 Å². The SMILES string of the molecule is CCOC(=O)C1=C(C)OC(N)=C(C#N)C1c1cc2sccc2cc1F. The van der Waals surface area contributed by atoms with Gasteiger partial charge < -0.3 is 15.2 Å². The summed E-state index contributed by atoms with van der Waals surface area (Å²) in [4.78, 5) is 12.4. The van der Waals surface area contributed by atoms with Gasteiger partial charge in [-0.15, -0.1) is 11.3 Å². The number of nitrogens with two attached hydrogens (primary N) is 1. The summed E-state index contributed by atoms with van der Waals surface area (Å²) in [5.41, 5.74) is 6.08. The van der Waals surface area contributed by atoms with E-state index in [0.29, 0.717) is 0 Å². The van der Waals surface area contributed by atoms with Gasteiger partial charge in [0.25, 0.3) is 0 Å². The molecule has 128 valence electrons. The number of nitrogens with zero attached hydrogens (tertiary/aromatic N) is 1. The molecule has 1 atom stereocenters. The van der Waals surface area contributed by atoms with Gasteiger partial charge in [0.2, 0.25) is 5.88 Å². The third-order valence-corrected chi connectivity index (χ3v) is 4.86. The van der Waals surface area contributed by atoms with E-state index in [4.69, 9.17) is 15.2 Å². The number of carbonyl (C=O) groups excluding carboxylic acids is 1. The highest BCUT2D eigenvalue weighted by molar-refractivity contribution is 7.17. The average molecular weight is 358 g/mol. The number of rotatable bonds is 3. The highest BCUT2D eigenvalue weighted by Crippen LogP contribution is 2.42. The van der Waals surface area contributed by atoms with Crippen LogP contribution in [0, 0.1) is 17.1 Å². The summed E-state index contributed by atoms with van der Waals surface area (Å²) in [6, 6.07) is 6.78. The Balaban J connectivity index is 2.25. The maximum Gasteiger partial charge on any atom is 0.338 e. The minimum absolute atomic E-state index is 0.0107. The van der Waals surface area contributed by atoms with Crippen molar-refractivity contribution >= 4 is 27.4 Å². The van der Waals surface area contributed by atoms with Crippen LogP contribution >= 0.6 is 11.3 Å². The Hall–Kier alpha value is -2.85. The minimum Gasteiger partial charge on any atom is -0.463 e. The topological polar surface area (TPSA) is 85.3 Å². The molecule has 0 saturated heterocycles. The third-order valence-electron chi connectivity index (χ3n) is 3.98. The predicted octanol–water partition coefficient (Wildman–Crippen LogP) is 3.69. The first kappa shape index (κ1) is 17.0. The molecule has 5 nitrogen and oxygen atoms in total. The number of benzene rings is 1. The van der Waals surface area contributed by atoms with Gasteiger partial charge in [0.1, 0.15) is 23.2 Å². The van der Waals surface area contributed by atoms with Gasteiger partial charge in [-0.2, -0.15) is 5.26 Å². The quantitative estimate of drug-likeness (QED) is 0.846. The van der Waals surface area contributed by atoms with Crippen LogP contribution in [0.1, 0.15) is 25.3 Å². The van der Waals surface area contributed by atoms with E-state index in [9.17, 15) is 14.4 Å². The average Bonchev–Trinajstić information content (AvgIpc) is 3.00. The van der Waals surface area contributed by atoms with Crippen molar-refractivity contribution < 1.29 is 18.7 Å². The summed E-state index contributed by atoms with van der Waals surface area (Å²) in [6.07, 6.45) is 0. The first-order valence-corrected chi connectivity index (χ1v) is 8.48. The Morgan fingerprint density at radius 2 is 2.28 bits per heavy atom. The monoisotopic (exact) mass is 358 g/mol. The lowest BCUT2D eigenvalue weighted by Crippen LogP contribution is -2.26. The fraction of sp³-hybridized carbons (Fsp3) is 0.222. The van der Waals surface area contributed by atoms with Crippen LogP contribution in [0.3, 0.4) is 0 Å². The van der Waals surface area contributed by atoms with Gasteiger partial charge in [0, 0.05) is 10.3 Å². The molecule has 1 aliphatic rings. The molecule has 1 aromatic carbocycles. The Morgan fingerprint density at radius 3 is 2.96 bits per heavy atom. The van der Waals surface area contributed by atoms with Crippen molar-refractivity contribution in [1.82, 2.24) is 0 Å². The Bertz CT molecular complexity index is 968. The standard InChI is InChI=1S/C18H15FN2O3S/c1-3-23-18(22)15-9(2)24-17(21)12(8-20)16(15)11-7-14-10(4-5-25-14)6-13(11)19/h4-7,16H,3,21H2,1-2H3. The zero-order chi connectivity index (χ0) is 18.1. The number of halogens is 1. The van der Waals surface area contributed by atoms with E-state index in [0.717, 1.165) is 10.1 Å². The molecule has 7 heteroatoms. The molecule has 25 heavy (non-hydrogen) atoms. The van der Waals surface area contributed by atoms with Crippen molar-refractivity contribution in [3.8, 4) is 6.07 Å². The number of nitriles is 1. The molecule has 0 amide bonds. The Morgan fingerprint density at radius 1 is 1.52 bits per heavy atom. The number of hydrogen-bond acceptors (Lipinski definition) is 6. The fourth-order valence-corrected chi connectivity index (χ4v) is 3.70. The molecule has 0 spiro atoms. The van der Waals surface area contributed by atoms with Gasteiger partial charge >= 0.3 is 5.97 Å². The minimum atomic E-state index is -0.968. The third kappa shape index (κ3) is 2.85. The zero-order valence-corrected chi connectivity index (χ0v) is 14.4. The van der Waals surface area contributed by atoms with E-state index in [1.807, 2.05) is 11.4 Å². The Kier molecular flexibility index (Phi) is 4.47. The molecule has 0 saturated carbocycles. The van der Waals surface area contributed by atoms with Gasteiger partial charge in [-0.1, -0.05) is 0 Å². The van der Waals surface area contributed by atoms with Crippen LogP contribution in [-0.2, 0) is 14.3 Å². The van der Waals surface area contributed by atoms with E-state index in [1.165, 1.54) is 17.4 Å². The molecule has 1 aromatic heterocycles. The lowest BCUT2D eigenvalue weighted by Gasteiger charge is -2.27. The number of ether oxygens (including phenoxy) is 2. The number of esters is 1. The van der Waals surface area contributed by atoms with Crippen LogP contribution in [0.2, 0.25) is 0 Å². The highest BCUT2D eigenvalue weighted by Gasteiger charge is 2.37. The van der Waals surface area contributed by atoms with Crippen LogP contribution in [0.4, 0.5) is 4.39 Å². The fourth-order valence-electron chi connectivity index (χ4n) is 2.88. The Labute approximate surface area is 147 Å². The van der Waals surface area contributed by atoms with Gasteiger partial charge in [-0.05, 0) is 42.8 Å². The summed E-state index contributed by atoms with van der Waals surface area (Å²) in [5.74, 6) is -2.08. The molecule has 0 bridgehead atoms. The summed E-state index contributed by atoms with van der Waals surface area (Å²) in [7, 11) is 0. The second kappa shape index (κ2) is 6.57. The number of carbonyl (C=O) groups is 1. The normalized spacial score (nSPS) is 17.4. The van der Waals surface area contributed by atoms with Gasteiger partial charge in [0.15, 0.2) is 0 Å². The molecule has 2 aromatic rings. The molecule has 3 rings (SSSR count).